The maximum atomic E-state index is 11.9. The van der Waals surface area contributed by atoms with Crippen LogP contribution in [0, 0.1) is 23.7 Å². The quantitative estimate of drug-likeness (QED) is 0.724. The second kappa shape index (κ2) is 6.34. The fourth-order valence-electron chi connectivity index (χ4n) is 4.01. The first-order chi connectivity index (χ1) is 11.4. The highest BCUT2D eigenvalue weighted by Gasteiger charge is 2.40. The van der Waals surface area contributed by atoms with Gasteiger partial charge in [-0.1, -0.05) is 20.3 Å². The van der Waals surface area contributed by atoms with Crippen molar-refractivity contribution in [2.45, 2.75) is 26.7 Å². The van der Waals surface area contributed by atoms with Gasteiger partial charge in [0.1, 0.15) is 0 Å². The van der Waals surface area contributed by atoms with Crippen LogP contribution in [0.3, 0.4) is 0 Å². The highest BCUT2D eigenvalue weighted by atomic mass is 16.2. The topological polar surface area (TPSA) is 74.8 Å². The van der Waals surface area contributed by atoms with Gasteiger partial charge in [0, 0.05) is 37.4 Å². The average Bonchev–Trinajstić information content (AvgIpc) is 3.03. The minimum atomic E-state index is -0.279. The fourth-order valence-corrected chi connectivity index (χ4v) is 4.01. The molecule has 2 aliphatic heterocycles. The normalized spacial score (nSPS) is 33.2. The number of nitrogens with zero attached hydrogens (tertiary/aromatic N) is 2. The molecule has 0 radical (unpaired) electrons. The van der Waals surface area contributed by atoms with E-state index in [4.69, 9.17) is 0 Å². The van der Waals surface area contributed by atoms with Crippen LogP contribution in [0.5, 0.6) is 0 Å². The maximum Gasteiger partial charge on any atom is 0.253 e. The second-order valence-corrected chi connectivity index (χ2v) is 7.08. The summed E-state index contributed by atoms with van der Waals surface area (Å²) in [5.74, 6) is -0.132. The van der Waals surface area contributed by atoms with Gasteiger partial charge in [0.25, 0.3) is 23.6 Å². The zero-order valence-corrected chi connectivity index (χ0v) is 14.0. The van der Waals surface area contributed by atoms with Crippen molar-refractivity contribution in [3.05, 3.63) is 24.3 Å². The van der Waals surface area contributed by atoms with E-state index in [1.165, 1.54) is 34.1 Å². The van der Waals surface area contributed by atoms with Crippen LogP contribution >= 0.6 is 0 Å². The molecule has 128 valence electrons. The largest absolute Gasteiger partial charge is 0.275 e. The van der Waals surface area contributed by atoms with E-state index in [1.807, 2.05) is 0 Å². The van der Waals surface area contributed by atoms with Crippen molar-refractivity contribution in [3.63, 3.8) is 0 Å². The highest BCUT2D eigenvalue weighted by Crippen LogP contribution is 2.40. The molecule has 3 rings (SSSR count). The molecule has 4 atom stereocenters. The fraction of sp³-hybridized carbons (Fsp3) is 0.556. The number of imide groups is 2. The third-order valence-electron chi connectivity index (χ3n) is 5.78. The molecule has 0 saturated heterocycles. The van der Waals surface area contributed by atoms with E-state index >= 15 is 0 Å². The van der Waals surface area contributed by atoms with E-state index in [0.29, 0.717) is 24.9 Å². The molecule has 6 heteroatoms. The minimum absolute atomic E-state index is 0.0859. The van der Waals surface area contributed by atoms with Crippen molar-refractivity contribution in [2.75, 3.05) is 13.1 Å². The summed E-state index contributed by atoms with van der Waals surface area (Å²) in [5, 5.41) is 0. The lowest BCUT2D eigenvalue weighted by molar-refractivity contribution is -0.142. The Balaban J connectivity index is 1.76. The van der Waals surface area contributed by atoms with Crippen molar-refractivity contribution in [1.29, 1.82) is 0 Å². The third-order valence-corrected chi connectivity index (χ3v) is 5.78. The zero-order valence-electron chi connectivity index (χ0n) is 14.0. The van der Waals surface area contributed by atoms with Gasteiger partial charge in [0.05, 0.1) is 0 Å². The third kappa shape index (κ3) is 2.92. The van der Waals surface area contributed by atoms with E-state index in [1.54, 1.807) is 0 Å². The molecule has 3 aliphatic rings. The average molecular weight is 330 g/mol. The molecule has 0 aromatic rings. The van der Waals surface area contributed by atoms with Crippen LogP contribution in [0.2, 0.25) is 0 Å². The summed E-state index contributed by atoms with van der Waals surface area (Å²) in [6.07, 6.45) is 7.09. The van der Waals surface area contributed by atoms with Gasteiger partial charge in [-0.25, -0.2) is 0 Å². The van der Waals surface area contributed by atoms with Crippen molar-refractivity contribution >= 4 is 23.6 Å². The Hall–Kier alpha value is -2.24. The number of hydrogen-bond acceptors (Lipinski definition) is 4. The van der Waals surface area contributed by atoms with Gasteiger partial charge in [-0.3, -0.25) is 29.0 Å². The number of carbonyl (C=O) groups is 4. The van der Waals surface area contributed by atoms with Crippen LogP contribution in [-0.2, 0) is 19.2 Å². The number of hydrogen-bond donors (Lipinski definition) is 0. The lowest BCUT2D eigenvalue weighted by atomic mass is 9.67. The molecular formula is C18H22N2O4. The molecule has 4 amide bonds. The first kappa shape index (κ1) is 16.6. The van der Waals surface area contributed by atoms with Gasteiger partial charge in [-0.05, 0) is 30.1 Å². The molecule has 0 aromatic carbocycles. The molecule has 1 aliphatic carbocycles. The summed E-state index contributed by atoms with van der Waals surface area (Å²) in [5.41, 5.74) is 0. The van der Waals surface area contributed by atoms with Crippen LogP contribution in [0.4, 0.5) is 0 Å². The monoisotopic (exact) mass is 330 g/mol. The van der Waals surface area contributed by atoms with Crippen LogP contribution < -0.4 is 0 Å². The number of carbonyl (C=O) groups excluding carboxylic acids is 4. The Kier molecular flexibility index (Phi) is 4.39. The molecule has 1 fully saturated rings. The molecule has 1 saturated carbocycles. The van der Waals surface area contributed by atoms with Crippen LogP contribution in [-0.4, -0.2) is 46.5 Å². The number of amides is 4. The Morgan fingerprint density at radius 2 is 1.25 bits per heavy atom. The van der Waals surface area contributed by atoms with Crippen LogP contribution in [0.1, 0.15) is 26.7 Å². The van der Waals surface area contributed by atoms with Gasteiger partial charge >= 0.3 is 0 Å². The van der Waals surface area contributed by atoms with E-state index in [9.17, 15) is 19.2 Å². The minimum Gasteiger partial charge on any atom is -0.275 e. The van der Waals surface area contributed by atoms with Crippen molar-refractivity contribution in [2.24, 2.45) is 23.7 Å². The van der Waals surface area contributed by atoms with Crippen molar-refractivity contribution in [3.8, 4) is 0 Å². The van der Waals surface area contributed by atoms with Gasteiger partial charge in [-0.15, -0.1) is 0 Å². The summed E-state index contributed by atoms with van der Waals surface area (Å²) < 4.78 is 0. The predicted octanol–water partition coefficient (Wildman–Crippen LogP) is 1.13. The van der Waals surface area contributed by atoms with Crippen LogP contribution in [0.15, 0.2) is 24.3 Å². The molecular weight excluding hydrogens is 308 g/mol. The summed E-state index contributed by atoms with van der Waals surface area (Å²) in [6, 6.07) is 0. The van der Waals surface area contributed by atoms with E-state index in [0.717, 1.165) is 12.8 Å². The van der Waals surface area contributed by atoms with Crippen molar-refractivity contribution in [1.82, 2.24) is 9.80 Å². The van der Waals surface area contributed by atoms with Gasteiger partial charge in [0.2, 0.25) is 0 Å². The van der Waals surface area contributed by atoms with E-state index in [2.05, 4.69) is 13.8 Å². The van der Waals surface area contributed by atoms with E-state index < -0.39 is 0 Å². The first-order valence-corrected chi connectivity index (χ1v) is 8.45. The molecule has 2 heterocycles. The molecule has 0 bridgehead atoms. The summed E-state index contributed by atoms with van der Waals surface area (Å²) >= 11 is 0. The molecule has 0 N–H and O–H groups in total. The molecule has 4 unspecified atom stereocenters. The molecule has 0 spiro atoms. The van der Waals surface area contributed by atoms with Crippen LogP contribution in [0.25, 0.3) is 0 Å². The smallest absolute Gasteiger partial charge is 0.253 e. The Morgan fingerprint density at radius 3 is 1.75 bits per heavy atom. The molecule has 6 nitrogen and oxygen atoms in total. The standard InChI is InChI=1S/C18H22N2O4/c1-11-3-4-13(9-19-15(21)5-6-16(19)22)14(12(11)2)10-20-17(23)7-8-18(20)24/h5-8,11-14H,3-4,9-10H2,1-2H3. The molecule has 0 aromatic heterocycles. The lowest BCUT2D eigenvalue weighted by Crippen LogP contribution is -2.47. The Bertz CT molecular complexity index is 615. The Morgan fingerprint density at radius 1 is 0.792 bits per heavy atom. The second-order valence-electron chi connectivity index (χ2n) is 7.08. The maximum absolute atomic E-state index is 11.9. The molecule has 24 heavy (non-hydrogen) atoms. The van der Waals surface area contributed by atoms with E-state index in [-0.39, 0.29) is 35.5 Å². The lowest BCUT2D eigenvalue weighted by Gasteiger charge is -2.42. The summed E-state index contributed by atoms with van der Waals surface area (Å²) in [4.78, 5) is 50.0. The zero-order chi connectivity index (χ0) is 17.4. The summed E-state index contributed by atoms with van der Waals surface area (Å²) in [6.45, 7) is 5.01. The van der Waals surface area contributed by atoms with Gasteiger partial charge in [0.15, 0.2) is 0 Å². The first-order valence-electron chi connectivity index (χ1n) is 8.45. The highest BCUT2D eigenvalue weighted by molar-refractivity contribution is 6.13. The van der Waals surface area contributed by atoms with Gasteiger partial charge < -0.3 is 0 Å². The Labute approximate surface area is 141 Å². The SMILES string of the molecule is CC1CCC(CN2C(=O)C=CC2=O)C(CN2C(=O)C=CC2=O)C1C. The predicted molar refractivity (Wildman–Crippen MR) is 86.3 cm³/mol. The number of rotatable bonds is 4. The summed E-state index contributed by atoms with van der Waals surface area (Å²) in [7, 11) is 0. The van der Waals surface area contributed by atoms with Gasteiger partial charge in [-0.2, -0.15) is 0 Å². The van der Waals surface area contributed by atoms with Crippen molar-refractivity contribution < 1.29 is 19.2 Å².